The number of hydrogen-bond donors (Lipinski definition) is 2. The number of nitrogens with zero attached hydrogens (tertiary/aromatic N) is 1. The van der Waals surface area contributed by atoms with Crippen LogP contribution in [0.15, 0.2) is 28.8 Å². The fraction of sp³-hybridized carbons (Fsp3) is 0.333. The molecule has 2 heterocycles. The smallest absolute Gasteiger partial charge is 0.320 e. The van der Waals surface area contributed by atoms with Gasteiger partial charge in [0.2, 0.25) is 0 Å². The summed E-state index contributed by atoms with van der Waals surface area (Å²) >= 11 is 0. The zero-order chi connectivity index (χ0) is 15.5. The number of urea groups is 1. The monoisotopic (exact) mass is 303 g/mol. The summed E-state index contributed by atoms with van der Waals surface area (Å²) < 4.78 is 15.9. The van der Waals surface area contributed by atoms with Crippen LogP contribution >= 0.6 is 0 Å². The van der Waals surface area contributed by atoms with Gasteiger partial charge in [0, 0.05) is 6.07 Å². The third-order valence-corrected chi connectivity index (χ3v) is 3.28. The second kappa shape index (κ2) is 5.97. The predicted molar refractivity (Wildman–Crippen MR) is 79.2 cm³/mol. The number of rotatable bonds is 3. The Kier molecular flexibility index (Phi) is 3.86. The van der Waals surface area contributed by atoms with Gasteiger partial charge in [0.15, 0.2) is 17.3 Å². The number of carbonyl (C=O) groups excluding carboxylic acids is 1. The highest BCUT2D eigenvalue weighted by molar-refractivity contribution is 5.88. The van der Waals surface area contributed by atoms with Crippen molar-refractivity contribution < 1.29 is 18.8 Å². The molecule has 1 aliphatic heterocycles. The number of nitrogens with one attached hydrogen (secondary N) is 2. The van der Waals surface area contributed by atoms with E-state index >= 15 is 0 Å². The first-order chi connectivity index (χ1) is 10.6. The van der Waals surface area contributed by atoms with Gasteiger partial charge in [-0.25, -0.2) is 4.79 Å². The third kappa shape index (κ3) is 3.13. The van der Waals surface area contributed by atoms with Crippen LogP contribution in [0.1, 0.15) is 24.3 Å². The number of aryl methyl sites for hydroxylation is 1. The maximum Gasteiger partial charge on any atom is 0.320 e. The Bertz CT molecular complexity index is 683. The van der Waals surface area contributed by atoms with Gasteiger partial charge in [0.1, 0.15) is 19.0 Å². The van der Waals surface area contributed by atoms with E-state index in [9.17, 15) is 4.79 Å². The lowest BCUT2D eigenvalue weighted by atomic mass is 10.1. The number of carbonyl (C=O) groups is 1. The quantitative estimate of drug-likeness (QED) is 0.910. The lowest BCUT2D eigenvalue weighted by Crippen LogP contribution is -2.31. The van der Waals surface area contributed by atoms with E-state index in [1.807, 2.05) is 25.1 Å². The molecule has 3 rings (SSSR count). The van der Waals surface area contributed by atoms with Gasteiger partial charge >= 0.3 is 6.03 Å². The summed E-state index contributed by atoms with van der Waals surface area (Å²) in [7, 11) is 0. The van der Waals surface area contributed by atoms with E-state index in [1.165, 1.54) is 0 Å². The van der Waals surface area contributed by atoms with E-state index in [1.54, 1.807) is 13.0 Å². The minimum absolute atomic E-state index is 0.191. The molecule has 0 bridgehead atoms. The molecule has 2 aromatic rings. The maximum atomic E-state index is 11.9. The molecule has 7 nitrogen and oxygen atoms in total. The molecular weight excluding hydrogens is 286 g/mol. The van der Waals surface area contributed by atoms with Crippen molar-refractivity contribution in [3.63, 3.8) is 0 Å². The second-order valence-electron chi connectivity index (χ2n) is 5.05. The van der Waals surface area contributed by atoms with Crippen molar-refractivity contribution >= 4 is 11.8 Å². The molecule has 2 amide bonds. The number of fused-ring (bicyclic) bond motifs is 1. The Morgan fingerprint density at radius 2 is 2.00 bits per heavy atom. The van der Waals surface area contributed by atoms with Crippen LogP contribution in [0.2, 0.25) is 0 Å². The Balaban J connectivity index is 1.63. The van der Waals surface area contributed by atoms with Crippen molar-refractivity contribution in [1.29, 1.82) is 0 Å². The summed E-state index contributed by atoms with van der Waals surface area (Å²) in [5.41, 5.74) is 0.927. The van der Waals surface area contributed by atoms with Crippen molar-refractivity contribution in [2.45, 2.75) is 19.9 Å². The van der Waals surface area contributed by atoms with Gasteiger partial charge in [-0.15, -0.1) is 0 Å². The number of benzene rings is 1. The molecule has 0 aliphatic carbocycles. The van der Waals surface area contributed by atoms with Crippen molar-refractivity contribution in [3.8, 4) is 11.5 Å². The van der Waals surface area contributed by atoms with Crippen molar-refractivity contribution in [2.24, 2.45) is 0 Å². The standard InChI is InChI=1S/C15H17N3O4/c1-9-7-14(18-22-9)17-15(19)16-10(2)11-3-4-12-13(8-11)21-6-5-20-12/h3-4,7-8,10H,5-6H2,1-2H3,(H2,16,17,18,19)/t10-/m0/s1. The van der Waals surface area contributed by atoms with E-state index in [-0.39, 0.29) is 12.1 Å². The molecular formula is C15H17N3O4. The van der Waals surface area contributed by atoms with Gasteiger partial charge in [0.25, 0.3) is 0 Å². The number of hydrogen-bond acceptors (Lipinski definition) is 5. The molecule has 7 heteroatoms. The zero-order valence-corrected chi connectivity index (χ0v) is 12.4. The average Bonchev–Trinajstić information content (AvgIpc) is 2.91. The summed E-state index contributed by atoms with van der Waals surface area (Å²) in [6, 6.07) is 6.73. The highest BCUT2D eigenvalue weighted by Gasteiger charge is 2.16. The number of ether oxygens (including phenoxy) is 2. The molecule has 1 aliphatic rings. The molecule has 1 atom stereocenters. The van der Waals surface area contributed by atoms with E-state index in [0.29, 0.717) is 30.5 Å². The topological polar surface area (TPSA) is 85.6 Å². The van der Waals surface area contributed by atoms with E-state index in [4.69, 9.17) is 14.0 Å². The molecule has 22 heavy (non-hydrogen) atoms. The van der Waals surface area contributed by atoms with E-state index in [2.05, 4.69) is 15.8 Å². The highest BCUT2D eigenvalue weighted by Crippen LogP contribution is 2.32. The SMILES string of the molecule is Cc1cc(NC(=O)N[C@@H](C)c2ccc3c(c2)OCCO3)no1. The Morgan fingerprint density at radius 1 is 1.23 bits per heavy atom. The van der Waals surface area contributed by atoms with Crippen LogP contribution in [0.4, 0.5) is 10.6 Å². The molecule has 2 N–H and O–H groups in total. The fourth-order valence-electron chi connectivity index (χ4n) is 2.19. The molecule has 1 aromatic heterocycles. The van der Waals surface area contributed by atoms with Crippen LogP contribution < -0.4 is 20.1 Å². The number of anilines is 1. The first-order valence-electron chi connectivity index (χ1n) is 7.02. The van der Waals surface area contributed by atoms with E-state index in [0.717, 1.165) is 11.3 Å². The summed E-state index contributed by atoms with van der Waals surface area (Å²) in [5.74, 6) is 2.44. The van der Waals surface area contributed by atoms with Gasteiger partial charge in [-0.2, -0.15) is 0 Å². The zero-order valence-electron chi connectivity index (χ0n) is 12.4. The second-order valence-corrected chi connectivity index (χ2v) is 5.05. The van der Waals surface area contributed by atoms with Crippen molar-refractivity contribution in [3.05, 3.63) is 35.6 Å². The van der Waals surface area contributed by atoms with Gasteiger partial charge in [-0.05, 0) is 31.5 Å². The minimum atomic E-state index is -0.351. The molecule has 0 unspecified atom stereocenters. The van der Waals surface area contributed by atoms with Crippen LogP contribution in [0, 0.1) is 6.92 Å². The lowest BCUT2D eigenvalue weighted by Gasteiger charge is -2.21. The van der Waals surface area contributed by atoms with Crippen LogP contribution in [0.3, 0.4) is 0 Å². The molecule has 1 aromatic carbocycles. The molecule has 0 radical (unpaired) electrons. The Labute approximate surface area is 127 Å². The van der Waals surface area contributed by atoms with E-state index < -0.39 is 0 Å². The van der Waals surface area contributed by atoms with Gasteiger partial charge in [0.05, 0.1) is 6.04 Å². The molecule has 116 valence electrons. The van der Waals surface area contributed by atoms with Crippen LogP contribution in [-0.4, -0.2) is 24.4 Å². The molecule has 0 spiro atoms. The fourth-order valence-corrected chi connectivity index (χ4v) is 2.19. The summed E-state index contributed by atoms with van der Waals surface area (Å²) in [6.07, 6.45) is 0. The van der Waals surface area contributed by atoms with Gasteiger partial charge in [-0.1, -0.05) is 11.2 Å². The number of amides is 2. The van der Waals surface area contributed by atoms with Gasteiger partial charge < -0.3 is 19.3 Å². The highest BCUT2D eigenvalue weighted by atomic mass is 16.6. The predicted octanol–water partition coefficient (Wildman–Crippen LogP) is 2.64. The third-order valence-electron chi connectivity index (χ3n) is 3.28. The molecule has 0 saturated heterocycles. The maximum absolute atomic E-state index is 11.9. The molecule has 0 saturated carbocycles. The average molecular weight is 303 g/mol. The lowest BCUT2D eigenvalue weighted by molar-refractivity contribution is 0.171. The van der Waals surface area contributed by atoms with Crippen LogP contribution in [-0.2, 0) is 0 Å². The summed E-state index contributed by atoms with van der Waals surface area (Å²) in [6.45, 7) is 4.73. The van der Waals surface area contributed by atoms with Crippen molar-refractivity contribution in [1.82, 2.24) is 10.5 Å². The normalized spacial score (nSPS) is 14.3. The molecule has 0 fully saturated rings. The first-order valence-corrected chi connectivity index (χ1v) is 7.02. The first kappa shape index (κ1) is 14.2. The number of aromatic nitrogens is 1. The van der Waals surface area contributed by atoms with Crippen LogP contribution in [0.25, 0.3) is 0 Å². The van der Waals surface area contributed by atoms with Crippen molar-refractivity contribution in [2.75, 3.05) is 18.5 Å². The summed E-state index contributed by atoms with van der Waals surface area (Å²) in [4.78, 5) is 11.9. The minimum Gasteiger partial charge on any atom is -0.486 e. The summed E-state index contributed by atoms with van der Waals surface area (Å²) in [5, 5.41) is 9.16. The van der Waals surface area contributed by atoms with Crippen LogP contribution in [0.5, 0.6) is 11.5 Å². The largest absolute Gasteiger partial charge is 0.486 e. The Hall–Kier alpha value is -2.70. The Morgan fingerprint density at radius 3 is 2.73 bits per heavy atom. The van der Waals surface area contributed by atoms with Gasteiger partial charge in [-0.3, -0.25) is 5.32 Å².